The molecule has 0 bridgehead atoms. The average molecular weight is 219 g/mol. The number of amides is 1. The highest BCUT2D eigenvalue weighted by Crippen LogP contribution is 2.28. The molecule has 1 aliphatic rings. The lowest BCUT2D eigenvalue weighted by molar-refractivity contribution is -0.281. The monoisotopic (exact) mass is 219 g/mol. The van der Waals surface area contributed by atoms with Gasteiger partial charge in [-0.15, -0.1) is 0 Å². The summed E-state index contributed by atoms with van der Waals surface area (Å²) in [4.78, 5) is 12.1. The van der Waals surface area contributed by atoms with Crippen molar-refractivity contribution in [2.75, 3.05) is 34.4 Å². The molecule has 1 saturated heterocycles. The summed E-state index contributed by atoms with van der Waals surface area (Å²) in [6.45, 7) is 0.643. The zero-order valence-electron chi connectivity index (χ0n) is 9.23. The van der Waals surface area contributed by atoms with Gasteiger partial charge in [0.25, 0.3) is 0 Å². The van der Waals surface area contributed by atoms with Gasteiger partial charge in [-0.05, 0) is 0 Å². The Bertz CT molecular complexity index is 229. The van der Waals surface area contributed by atoms with Crippen LogP contribution in [0.2, 0.25) is 0 Å². The number of carbonyl (C=O) groups is 1. The first kappa shape index (κ1) is 12.2. The summed E-state index contributed by atoms with van der Waals surface area (Å²) in [6.07, 6.45) is -0.889. The third-order valence-corrected chi connectivity index (χ3v) is 2.85. The number of methoxy groups -OCH3 is 3. The fourth-order valence-corrected chi connectivity index (χ4v) is 1.86. The van der Waals surface area contributed by atoms with Crippen molar-refractivity contribution < 1.29 is 24.1 Å². The molecule has 1 fully saturated rings. The maximum atomic E-state index is 10.8. The number of carboxylic acid groups (broad SMARTS) is 1. The Morgan fingerprint density at radius 3 is 2.40 bits per heavy atom. The van der Waals surface area contributed by atoms with Crippen LogP contribution in [0.4, 0.5) is 4.79 Å². The molecule has 15 heavy (non-hydrogen) atoms. The molecule has 0 saturated carbocycles. The molecule has 1 unspecified atom stereocenters. The molecule has 6 nitrogen and oxygen atoms in total. The van der Waals surface area contributed by atoms with Crippen LogP contribution in [0.15, 0.2) is 0 Å². The van der Waals surface area contributed by atoms with Crippen molar-refractivity contribution in [2.24, 2.45) is 0 Å². The van der Waals surface area contributed by atoms with Gasteiger partial charge in [-0.1, -0.05) is 0 Å². The first-order chi connectivity index (χ1) is 7.09. The Morgan fingerprint density at radius 1 is 1.40 bits per heavy atom. The van der Waals surface area contributed by atoms with Crippen molar-refractivity contribution in [1.82, 2.24) is 4.90 Å². The van der Waals surface area contributed by atoms with Crippen LogP contribution in [0.25, 0.3) is 0 Å². The molecule has 1 atom stereocenters. The SMILES string of the molecule is COC1CN(C(=O)O)CCC1(OC)OC. The molecular weight excluding hydrogens is 202 g/mol. The minimum absolute atomic E-state index is 0.257. The second kappa shape index (κ2) is 4.78. The van der Waals surface area contributed by atoms with E-state index < -0.39 is 18.0 Å². The maximum Gasteiger partial charge on any atom is 0.407 e. The van der Waals surface area contributed by atoms with E-state index in [9.17, 15) is 4.79 Å². The molecule has 0 radical (unpaired) electrons. The van der Waals surface area contributed by atoms with Crippen molar-refractivity contribution in [3.8, 4) is 0 Å². The zero-order chi connectivity index (χ0) is 11.5. The van der Waals surface area contributed by atoms with Crippen LogP contribution in [0.3, 0.4) is 0 Å². The largest absolute Gasteiger partial charge is 0.465 e. The van der Waals surface area contributed by atoms with Gasteiger partial charge in [-0.3, -0.25) is 0 Å². The van der Waals surface area contributed by atoms with Gasteiger partial charge in [0.1, 0.15) is 6.10 Å². The maximum absolute atomic E-state index is 10.8. The molecule has 1 aliphatic heterocycles. The third kappa shape index (κ3) is 2.22. The minimum atomic E-state index is -0.946. The van der Waals surface area contributed by atoms with Crippen molar-refractivity contribution in [3.05, 3.63) is 0 Å². The Kier molecular flexibility index (Phi) is 3.90. The van der Waals surface area contributed by atoms with E-state index in [2.05, 4.69) is 0 Å². The number of hydrogen-bond donors (Lipinski definition) is 1. The highest BCUT2D eigenvalue weighted by atomic mass is 16.7. The second-order valence-electron chi connectivity index (χ2n) is 3.42. The van der Waals surface area contributed by atoms with E-state index in [1.807, 2.05) is 0 Å². The van der Waals surface area contributed by atoms with Gasteiger partial charge in [0.05, 0.1) is 6.54 Å². The van der Waals surface area contributed by atoms with Crippen LogP contribution in [0, 0.1) is 0 Å². The first-order valence-corrected chi connectivity index (χ1v) is 4.70. The van der Waals surface area contributed by atoms with Crippen LogP contribution in [0.1, 0.15) is 6.42 Å². The third-order valence-electron chi connectivity index (χ3n) is 2.85. The molecule has 0 aromatic carbocycles. The van der Waals surface area contributed by atoms with Crippen molar-refractivity contribution >= 4 is 6.09 Å². The fraction of sp³-hybridized carbons (Fsp3) is 0.889. The van der Waals surface area contributed by atoms with Crippen molar-refractivity contribution in [2.45, 2.75) is 18.3 Å². The summed E-state index contributed by atoms with van der Waals surface area (Å²) < 4.78 is 15.8. The van der Waals surface area contributed by atoms with Gasteiger partial charge in [0.2, 0.25) is 0 Å². The average Bonchev–Trinajstić information content (AvgIpc) is 2.27. The Morgan fingerprint density at radius 2 is 2.00 bits per heavy atom. The van der Waals surface area contributed by atoms with Gasteiger partial charge in [-0.2, -0.15) is 0 Å². The molecule has 0 aliphatic carbocycles. The summed E-state index contributed by atoms with van der Waals surface area (Å²) in [7, 11) is 4.58. The molecule has 1 N–H and O–H groups in total. The number of piperidine rings is 1. The quantitative estimate of drug-likeness (QED) is 0.695. The van der Waals surface area contributed by atoms with E-state index in [0.717, 1.165) is 0 Å². The highest BCUT2D eigenvalue weighted by molar-refractivity contribution is 5.65. The van der Waals surface area contributed by atoms with Crippen molar-refractivity contribution in [1.29, 1.82) is 0 Å². The summed E-state index contributed by atoms with van der Waals surface area (Å²) in [6, 6.07) is 0. The molecule has 1 heterocycles. The lowest BCUT2D eigenvalue weighted by atomic mass is 10.0. The summed E-state index contributed by atoms with van der Waals surface area (Å²) >= 11 is 0. The van der Waals surface area contributed by atoms with Gasteiger partial charge >= 0.3 is 6.09 Å². The highest BCUT2D eigenvalue weighted by Gasteiger charge is 2.45. The fourth-order valence-electron chi connectivity index (χ4n) is 1.86. The van der Waals surface area contributed by atoms with Crippen molar-refractivity contribution in [3.63, 3.8) is 0 Å². The second-order valence-corrected chi connectivity index (χ2v) is 3.42. The van der Waals surface area contributed by atoms with Gasteiger partial charge < -0.3 is 24.2 Å². The predicted molar refractivity (Wildman–Crippen MR) is 51.8 cm³/mol. The molecule has 1 rings (SSSR count). The summed E-state index contributed by atoms with van der Waals surface area (Å²) in [5.41, 5.74) is 0. The van der Waals surface area contributed by atoms with Gasteiger partial charge in [0, 0.05) is 34.3 Å². The number of likely N-dealkylation sites (tertiary alicyclic amines) is 1. The number of nitrogens with zero attached hydrogens (tertiary/aromatic N) is 1. The molecule has 0 spiro atoms. The molecule has 0 aromatic heterocycles. The normalized spacial score (nSPS) is 25.3. The van der Waals surface area contributed by atoms with E-state index in [1.54, 1.807) is 0 Å². The van der Waals surface area contributed by atoms with E-state index in [0.29, 0.717) is 13.0 Å². The first-order valence-electron chi connectivity index (χ1n) is 4.70. The standard InChI is InChI=1S/C9H17NO5/c1-13-7-6-10(8(11)12)5-4-9(7,14-2)15-3/h7H,4-6H2,1-3H3,(H,11,12). The Hall–Kier alpha value is -0.850. The number of rotatable bonds is 3. The Labute approximate surface area is 88.7 Å². The molecule has 1 amide bonds. The predicted octanol–water partition coefficient (Wildman–Crippen LogP) is 0.374. The van der Waals surface area contributed by atoms with Crippen LogP contribution in [-0.2, 0) is 14.2 Å². The molecule has 88 valence electrons. The van der Waals surface area contributed by atoms with E-state index in [-0.39, 0.29) is 6.54 Å². The smallest absolute Gasteiger partial charge is 0.407 e. The molecule has 6 heteroatoms. The molecule has 0 aromatic rings. The van der Waals surface area contributed by atoms with E-state index in [4.69, 9.17) is 19.3 Å². The minimum Gasteiger partial charge on any atom is -0.465 e. The van der Waals surface area contributed by atoms with Crippen LogP contribution in [-0.4, -0.2) is 62.4 Å². The lowest BCUT2D eigenvalue weighted by Gasteiger charge is -2.43. The summed E-state index contributed by atoms with van der Waals surface area (Å²) in [5.74, 6) is -0.833. The van der Waals surface area contributed by atoms with E-state index in [1.165, 1.54) is 26.2 Å². The number of ether oxygens (including phenoxy) is 3. The Balaban J connectivity index is 2.75. The lowest BCUT2D eigenvalue weighted by Crippen LogP contribution is -2.59. The van der Waals surface area contributed by atoms with Gasteiger partial charge in [0.15, 0.2) is 5.79 Å². The zero-order valence-corrected chi connectivity index (χ0v) is 9.23. The molecular formula is C9H17NO5. The van der Waals surface area contributed by atoms with Crippen LogP contribution in [0.5, 0.6) is 0 Å². The van der Waals surface area contributed by atoms with E-state index >= 15 is 0 Å². The number of hydrogen-bond acceptors (Lipinski definition) is 4. The van der Waals surface area contributed by atoms with Crippen LogP contribution >= 0.6 is 0 Å². The van der Waals surface area contributed by atoms with Crippen LogP contribution < -0.4 is 0 Å². The topological polar surface area (TPSA) is 68.2 Å². The van der Waals surface area contributed by atoms with Gasteiger partial charge in [-0.25, -0.2) is 4.79 Å². The summed E-state index contributed by atoms with van der Waals surface area (Å²) in [5, 5.41) is 8.86.